The topological polar surface area (TPSA) is 60.7 Å². The molecular weight excluding hydrogens is 531 g/mol. The maximum atomic E-state index is 14.6. The molecule has 1 aromatic heterocycles. The van der Waals surface area contributed by atoms with Crippen LogP contribution in [0.15, 0.2) is 66.7 Å². The fourth-order valence-electron chi connectivity index (χ4n) is 6.54. The van der Waals surface area contributed by atoms with Crippen LogP contribution in [0.1, 0.15) is 59.9 Å². The van der Waals surface area contributed by atoms with Gasteiger partial charge in [-0.3, -0.25) is 4.79 Å². The number of carbonyl (C=O) groups is 1. The molecule has 1 aliphatic carbocycles. The highest BCUT2D eigenvalue weighted by atomic mass is 19.3. The van der Waals surface area contributed by atoms with Crippen LogP contribution >= 0.6 is 0 Å². The van der Waals surface area contributed by atoms with Gasteiger partial charge in [-0.2, -0.15) is 0 Å². The van der Waals surface area contributed by atoms with E-state index in [-0.39, 0.29) is 18.2 Å². The average molecular weight is 564 g/mol. The number of rotatable bonds is 8. The van der Waals surface area contributed by atoms with Gasteiger partial charge in [-0.25, -0.2) is 13.2 Å². The minimum absolute atomic E-state index is 0.0463. The number of alkyl halides is 2. The molecule has 2 aliphatic rings. The summed E-state index contributed by atoms with van der Waals surface area (Å²) in [6.45, 7) is 3.05. The Morgan fingerprint density at radius 2 is 1.83 bits per heavy atom. The first-order valence-electron chi connectivity index (χ1n) is 14.0. The Balaban J connectivity index is 1.59. The van der Waals surface area contributed by atoms with E-state index in [0.29, 0.717) is 67.0 Å². The summed E-state index contributed by atoms with van der Waals surface area (Å²) in [5.41, 5.74) is 2.17. The van der Waals surface area contributed by atoms with E-state index >= 15 is 0 Å². The van der Waals surface area contributed by atoms with Gasteiger partial charge in [0.15, 0.2) is 0 Å². The summed E-state index contributed by atoms with van der Waals surface area (Å²) in [7, 11) is 0. The highest BCUT2D eigenvalue weighted by molar-refractivity contribution is 5.91. The standard InChI is InChI=1S/C33H32F3NO4/c1-20-17-23(7-9-27(20)34)37-28-10-8-24(41-19-21-5-3-2-4-6-21)18-25(28)29(30(37)22-12-15-40-16-13-22)26-11-14-33(26,31(35)36)32(38)39/h2-10,17-18,22,26,31H,11-16,19H2,1H3,(H,38,39). The molecule has 2 heterocycles. The molecule has 2 fully saturated rings. The number of ether oxygens (including phenoxy) is 2. The summed E-state index contributed by atoms with van der Waals surface area (Å²) in [5.74, 6) is -2.18. The van der Waals surface area contributed by atoms with Crippen LogP contribution in [0.2, 0.25) is 0 Å². The van der Waals surface area contributed by atoms with Crippen molar-refractivity contribution >= 4 is 16.9 Å². The Morgan fingerprint density at radius 1 is 1.07 bits per heavy atom. The first-order chi connectivity index (χ1) is 19.8. The number of carboxylic acid groups (broad SMARTS) is 1. The molecule has 214 valence electrons. The normalized spacial score (nSPS) is 21.2. The van der Waals surface area contributed by atoms with Crippen LogP contribution in [0.25, 0.3) is 16.6 Å². The Morgan fingerprint density at radius 3 is 2.46 bits per heavy atom. The van der Waals surface area contributed by atoms with Gasteiger partial charge in [0, 0.05) is 41.8 Å². The molecule has 3 aromatic carbocycles. The van der Waals surface area contributed by atoms with Gasteiger partial charge < -0.3 is 19.1 Å². The third-order valence-corrected chi connectivity index (χ3v) is 8.88. The van der Waals surface area contributed by atoms with Gasteiger partial charge >= 0.3 is 5.97 Å². The molecule has 1 saturated heterocycles. The Labute approximate surface area is 236 Å². The van der Waals surface area contributed by atoms with E-state index in [1.54, 1.807) is 19.1 Å². The van der Waals surface area contributed by atoms with Gasteiger partial charge in [0.1, 0.15) is 23.6 Å². The molecule has 6 rings (SSSR count). The number of benzene rings is 3. The Hall–Kier alpha value is -3.78. The van der Waals surface area contributed by atoms with Crippen molar-refractivity contribution in [3.63, 3.8) is 0 Å². The van der Waals surface area contributed by atoms with Crippen LogP contribution in [0, 0.1) is 18.2 Å². The predicted octanol–water partition coefficient (Wildman–Crippen LogP) is 7.76. The molecule has 5 nitrogen and oxygen atoms in total. The largest absolute Gasteiger partial charge is 0.489 e. The molecule has 1 aliphatic heterocycles. The average Bonchev–Trinajstić information content (AvgIpc) is 3.27. The van der Waals surface area contributed by atoms with E-state index in [9.17, 15) is 23.1 Å². The number of aliphatic carboxylic acids is 1. The third-order valence-electron chi connectivity index (χ3n) is 8.88. The van der Waals surface area contributed by atoms with Gasteiger partial charge in [0.2, 0.25) is 0 Å². The summed E-state index contributed by atoms with van der Waals surface area (Å²) < 4.78 is 57.4. The van der Waals surface area contributed by atoms with Crippen LogP contribution in [0.3, 0.4) is 0 Å². The van der Waals surface area contributed by atoms with Crippen LogP contribution in [0.4, 0.5) is 13.2 Å². The van der Waals surface area contributed by atoms with Gasteiger partial charge in [-0.1, -0.05) is 30.3 Å². The molecule has 1 N–H and O–H groups in total. The number of hydrogen-bond donors (Lipinski definition) is 1. The van der Waals surface area contributed by atoms with E-state index in [1.807, 2.05) is 53.1 Å². The van der Waals surface area contributed by atoms with Crippen LogP contribution < -0.4 is 4.74 Å². The fourth-order valence-corrected chi connectivity index (χ4v) is 6.54. The molecule has 41 heavy (non-hydrogen) atoms. The van der Waals surface area contributed by atoms with Crippen LogP contribution in [-0.2, 0) is 16.1 Å². The van der Waals surface area contributed by atoms with Crippen molar-refractivity contribution < 1.29 is 32.5 Å². The van der Waals surface area contributed by atoms with Crippen LogP contribution in [-0.4, -0.2) is 35.3 Å². The summed E-state index contributed by atoms with van der Waals surface area (Å²) in [6.07, 6.45) is -1.44. The number of aromatic nitrogens is 1. The van der Waals surface area contributed by atoms with Gasteiger partial charge in [-0.05, 0) is 85.7 Å². The van der Waals surface area contributed by atoms with Crippen molar-refractivity contribution in [3.05, 3.63) is 94.9 Å². The number of fused-ring (bicyclic) bond motifs is 1. The predicted molar refractivity (Wildman–Crippen MR) is 150 cm³/mol. The van der Waals surface area contributed by atoms with Crippen LogP contribution in [0.5, 0.6) is 5.75 Å². The molecule has 0 radical (unpaired) electrons. The lowest BCUT2D eigenvalue weighted by molar-refractivity contribution is -0.173. The van der Waals surface area contributed by atoms with Crippen molar-refractivity contribution in [1.82, 2.24) is 4.57 Å². The second-order valence-electron chi connectivity index (χ2n) is 11.1. The highest BCUT2D eigenvalue weighted by Gasteiger charge is 2.61. The Bertz CT molecular complexity index is 1580. The second kappa shape index (κ2) is 10.9. The molecular formula is C33H32F3NO4. The lowest BCUT2D eigenvalue weighted by Crippen LogP contribution is -2.51. The van der Waals surface area contributed by atoms with Gasteiger partial charge in [0.25, 0.3) is 6.43 Å². The molecule has 0 bridgehead atoms. The minimum Gasteiger partial charge on any atom is -0.489 e. The molecule has 0 spiro atoms. The van der Waals surface area contributed by atoms with Gasteiger partial charge in [-0.15, -0.1) is 0 Å². The minimum atomic E-state index is -3.02. The van der Waals surface area contributed by atoms with Crippen molar-refractivity contribution in [2.24, 2.45) is 5.41 Å². The monoisotopic (exact) mass is 563 g/mol. The van der Waals surface area contributed by atoms with E-state index in [0.717, 1.165) is 16.8 Å². The smallest absolute Gasteiger partial charge is 0.316 e. The number of halogens is 3. The maximum absolute atomic E-state index is 14.6. The molecule has 0 amide bonds. The quantitative estimate of drug-likeness (QED) is 0.238. The van der Waals surface area contributed by atoms with E-state index in [2.05, 4.69) is 0 Å². The zero-order valence-electron chi connectivity index (χ0n) is 22.8. The summed E-state index contributed by atoms with van der Waals surface area (Å²) in [4.78, 5) is 12.5. The lowest BCUT2D eigenvalue weighted by Gasteiger charge is -2.46. The zero-order chi connectivity index (χ0) is 28.7. The maximum Gasteiger partial charge on any atom is 0.316 e. The van der Waals surface area contributed by atoms with E-state index < -0.39 is 23.7 Å². The summed E-state index contributed by atoms with van der Waals surface area (Å²) in [5, 5.41) is 10.8. The number of nitrogens with zero attached hydrogens (tertiary/aromatic N) is 1. The van der Waals surface area contributed by atoms with Crippen molar-refractivity contribution in [2.45, 2.75) is 57.5 Å². The van der Waals surface area contributed by atoms with E-state index in [1.165, 1.54) is 6.07 Å². The number of carboxylic acids is 1. The molecule has 1 saturated carbocycles. The number of hydrogen-bond acceptors (Lipinski definition) is 3. The number of aryl methyl sites for hydroxylation is 1. The van der Waals surface area contributed by atoms with Crippen molar-refractivity contribution in [2.75, 3.05) is 13.2 Å². The van der Waals surface area contributed by atoms with Crippen molar-refractivity contribution in [3.8, 4) is 11.4 Å². The SMILES string of the molecule is Cc1cc(-n2c(C3CCOCC3)c(C3CCC3(C(=O)O)C(F)F)c3cc(OCc4ccccc4)ccc32)ccc1F. The third kappa shape index (κ3) is 4.68. The first kappa shape index (κ1) is 27.4. The summed E-state index contributed by atoms with van der Waals surface area (Å²) >= 11 is 0. The first-order valence-corrected chi connectivity index (χ1v) is 14.0. The van der Waals surface area contributed by atoms with Crippen molar-refractivity contribution in [1.29, 1.82) is 0 Å². The molecule has 4 aromatic rings. The fraction of sp³-hybridized carbons (Fsp3) is 0.364. The molecule has 8 heteroatoms. The highest BCUT2D eigenvalue weighted by Crippen LogP contribution is 2.60. The van der Waals surface area contributed by atoms with E-state index in [4.69, 9.17) is 9.47 Å². The van der Waals surface area contributed by atoms with Gasteiger partial charge in [0.05, 0.1) is 5.52 Å². The lowest BCUT2D eigenvalue weighted by atomic mass is 9.57. The second-order valence-corrected chi connectivity index (χ2v) is 11.1. The molecule has 2 unspecified atom stereocenters. The summed E-state index contributed by atoms with van der Waals surface area (Å²) in [6, 6.07) is 20.1. The Kier molecular flexibility index (Phi) is 7.28. The zero-order valence-corrected chi connectivity index (χ0v) is 22.8. The molecule has 2 atom stereocenters.